The van der Waals surface area contributed by atoms with Gasteiger partial charge in [0.05, 0.1) is 0 Å². The number of hydrogen-bond donors (Lipinski definition) is 0. The molecule has 4 fully saturated rings. The Hall–Kier alpha value is -0.210. The summed E-state index contributed by atoms with van der Waals surface area (Å²) in [5, 5.41) is 0. The molecule has 0 nitrogen and oxygen atoms in total. The fourth-order valence-electron chi connectivity index (χ4n) is 8.89. The molecule has 3 heteroatoms. The summed E-state index contributed by atoms with van der Waals surface area (Å²) in [4.78, 5) is 0. The fourth-order valence-corrected chi connectivity index (χ4v) is 8.89. The van der Waals surface area contributed by atoms with E-state index in [0.717, 1.165) is 83.0 Å². The summed E-state index contributed by atoms with van der Waals surface area (Å²) < 4.78 is 45.5. The quantitative estimate of drug-likeness (QED) is 0.298. The summed E-state index contributed by atoms with van der Waals surface area (Å²) >= 11 is 0. The Labute approximate surface area is 215 Å². The van der Waals surface area contributed by atoms with Gasteiger partial charge in [0, 0.05) is 0 Å². The normalized spacial score (nSPS) is 45.3. The van der Waals surface area contributed by atoms with Crippen LogP contribution in [0.3, 0.4) is 0 Å². The minimum atomic E-state index is -1.24. The maximum atomic E-state index is 15.4. The van der Waals surface area contributed by atoms with E-state index < -0.39 is 18.5 Å². The van der Waals surface area contributed by atoms with Crippen LogP contribution in [0, 0.1) is 47.3 Å². The van der Waals surface area contributed by atoms with Crippen molar-refractivity contribution >= 4 is 0 Å². The summed E-state index contributed by atoms with van der Waals surface area (Å²) in [5.41, 5.74) is 0. The van der Waals surface area contributed by atoms with E-state index in [0.29, 0.717) is 23.7 Å². The van der Waals surface area contributed by atoms with Gasteiger partial charge in [0.2, 0.25) is 0 Å². The van der Waals surface area contributed by atoms with Gasteiger partial charge in [0.25, 0.3) is 0 Å². The second kappa shape index (κ2) is 13.5. The molecule has 0 N–H and O–H groups in total. The Morgan fingerprint density at radius 3 is 1.60 bits per heavy atom. The van der Waals surface area contributed by atoms with Crippen molar-refractivity contribution in [3.8, 4) is 0 Å². The molecule has 4 aliphatic carbocycles. The SMILES string of the molecule is CCCCC1CCC(CCC2CCC(C3CCC(C4CCC(CC)CC4)C(F)[C@H]3F)CC2)C(F)C1. The summed E-state index contributed by atoms with van der Waals surface area (Å²) in [7, 11) is 0. The Bertz CT molecular complexity index is 592. The van der Waals surface area contributed by atoms with Gasteiger partial charge in [-0.2, -0.15) is 0 Å². The zero-order chi connectivity index (χ0) is 24.8. The van der Waals surface area contributed by atoms with Crippen molar-refractivity contribution in [3.05, 3.63) is 0 Å². The van der Waals surface area contributed by atoms with Gasteiger partial charge in [-0.25, -0.2) is 13.2 Å². The third-order valence-corrected chi connectivity index (χ3v) is 11.5. The van der Waals surface area contributed by atoms with Gasteiger partial charge in [-0.3, -0.25) is 0 Å². The third kappa shape index (κ3) is 7.22. The Balaban J connectivity index is 1.16. The molecule has 0 spiro atoms. The van der Waals surface area contributed by atoms with Crippen LogP contribution in [0.2, 0.25) is 0 Å². The lowest BCUT2D eigenvalue weighted by Crippen LogP contribution is -2.45. The number of hydrogen-bond acceptors (Lipinski definition) is 0. The van der Waals surface area contributed by atoms with Crippen LogP contribution in [0.25, 0.3) is 0 Å². The number of unbranched alkanes of at least 4 members (excludes halogenated alkanes) is 1. The van der Waals surface area contributed by atoms with E-state index in [2.05, 4.69) is 13.8 Å². The van der Waals surface area contributed by atoms with Gasteiger partial charge in [0.15, 0.2) is 0 Å². The monoisotopic (exact) mass is 496 g/mol. The van der Waals surface area contributed by atoms with Crippen molar-refractivity contribution < 1.29 is 13.2 Å². The first kappa shape index (κ1) is 27.8. The maximum Gasteiger partial charge on any atom is 0.134 e. The van der Waals surface area contributed by atoms with Gasteiger partial charge in [-0.15, -0.1) is 0 Å². The molecule has 204 valence electrons. The molecule has 0 amide bonds. The summed E-state index contributed by atoms with van der Waals surface area (Å²) in [6.07, 6.45) is 18.1. The third-order valence-electron chi connectivity index (χ3n) is 11.5. The minimum absolute atomic E-state index is 0.0268. The molecule has 0 aliphatic heterocycles. The average Bonchev–Trinajstić information content (AvgIpc) is 2.89. The van der Waals surface area contributed by atoms with Gasteiger partial charge < -0.3 is 0 Å². The van der Waals surface area contributed by atoms with Crippen LogP contribution < -0.4 is 0 Å². The first-order valence-electron chi connectivity index (χ1n) is 15.9. The van der Waals surface area contributed by atoms with Crippen LogP contribution >= 0.6 is 0 Å². The molecule has 0 aromatic heterocycles. The molecule has 4 rings (SSSR count). The van der Waals surface area contributed by atoms with Crippen molar-refractivity contribution in [2.45, 2.75) is 154 Å². The predicted octanol–water partition coefficient (Wildman–Crippen LogP) is 10.4. The van der Waals surface area contributed by atoms with Crippen molar-refractivity contribution in [1.29, 1.82) is 0 Å². The van der Waals surface area contributed by atoms with E-state index in [-0.39, 0.29) is 17.8 Å². The maximum absolute atomic E-state index is 15.4. The highest BCUT2D eigenvalue weighted by molar-refractivity contribution is 4.95. The minimum Gasteiger partial charge on any atom is -0.247 e. The van der Waals surface area contributed by atoms with Crippen LogP contribution in [-0.2, 0) is 0 Å². The topological polar surface area (TPSA) is 0 Å². The van der Waals surface area contributed by atoms with Crippen LogP contribution in [0.5, 0.6) is 0 Å². The molecule has 0 saturated heterocycles. The molecule has 7 atom stereocenters. The molecule has 0 aromatic carbocycles. The van der Waals surface area contributed by atoms with Gasteiger partial charge >= 0.3 is 0 Å². The highest BCUT2D eigenvalue weighted by Crippen LogP contribution is 2.49. The van der Waals surface area contributed by atoms with Crippen LogP contribution in [0.15, 0.2) is 0 Å². The molecule has 4 aliphatic rings. The lowest BCUT2D eigenvalue weighted by atomic mass is 9.63. The molecular formula is C32H55F3. The highest BCUT2D eigenvalue weighted by atomic mass is 19.2. The molecule has 0 heterocycles. The average molecular weight is 497 g/mol. The standard InChI is InChI=1S/C32H55F3/c1-3-5-6-24-12-18-27(30(33)21-24)17-11-23-9-15-26(16-10-23)29-20-19-28(31(34)32(29)35)25-13-7-22(4-2)8-14-25/h22-32H,3-21H2,1-2H3/t22?,23?,24?,25?,26?,27?,28?,29?,30?,31?,32-/m0/s1. The first-order chi connectivity index (χ1) is 17.0. The Morgan fingerprint density at radius 1 is 0.543 bits per heavy atom. The largest absolute Gasteiger partial charge is 0.247 e. The van der Waals surface area contributed by atoms with Crippen LogP contribution in [0.1, 0.15) is 136 Å². The number of rotatable bonds is 9. The van der Waals surface area contributed by atoms with E-state index in [9.17, 15) is 4.39 Å². The lowest BCUT2D eigenvalue weighted by Gasteiger charge is -2.44. The molecule has 4 saturated carbocycles. The fraction of sp³-hybridized carbons (Fsp3) is 1.00. The summed E-state index contributed by atoms with van der Waals surface area (Å²) in [6.45, 7) is 4.48. The van der Waals surface area contributed by atoms with Gasteiger partial charge in [-0.05, 0) is 112 Å². The Kier molecular flexibility index (Phi) is 10.8. The van der Waals surface area contributed by atoms with E-state index >= 15 is 8.78 Å². The lowest BCUT2D eigenvalue weighted by molar-refractivity contribution is -0.0371. The molecule has 35 heavy (non-hydrogen) atoms. The number of alkyl halides is 3. The van der Waals surface area contributed by atoms with Crippen LogP contribution in [0.4, 0.5) is 13.2 Å². The Morgan fingerprint density at radius 2 is 1.09 bits per heavy atom. The smallest absolute Gasteiger partial charge is 0.134 e. The van der Waals surface area contributed by atoms with E-state index in [1.807, 2.05) is 0 Å². The molecule has 0 aromatic rings. The zero-order valence-electron chi connectivity index (χ0n) is 22.9. The van der Waals surface area contributed by atoms with E-state index in [4.69, 9.17) is 0 Å². The van der Waals surface area contributed by atoms with Gasteiger partial charge in [0.1, 0.15) is 18.5 Å². The summed E-state index contributed by atoms with van der Waals surface area (Å²) in [6, 6.07) is 0. The van der Waals surface area contributed by atoms with Crippen molar-refractivity contribution in [1.82, 2.24) is 0 Å². The van der Waals surface area contributed by atoms with Crippen molar-refractivity contribution in [2.24, 2.45) is 47.3 Å². The highest BCUT2D eigenvalue weighted by Gasteiger charge is 2.46. The molecular weight excluding hydrogens is 441 g/mol. The summed E-state index contributed by atoms with van der Waals surface area (Å²) in [5.74, 6) is 3.10. The zero-order valence-corrected chi connectivity index (χ0v) is 22.9. The van der Waals surface area contributed by atoms with Crippen molar-refractivity contribution in [2.75, 3.05) is 0 Å². The van der Waals surface area contributed by atoms with Gasteiger partial charge in [-0.1, -0.05) is 71.6 Å². The number of halogens is 3. The first-order valence-corrected chi connectivity index (χ1v) is 15.9. The molecule has 0 radical (unpaired) electrons. The van der Waals surface area contributed by atoms with Crippen molar-refractivity contribution in [3.63, 3.8) is 0 Å². The van der Waals surface area contributed by atoms with Crippen LogP contribution in [-0.4, -0.2) is 18.5 Å². The second-order valence-electron chi connectivity index (χ2n) is 13.4. The molecule has 0 bridgehead atoms. The van der Waals surface area contributed by atoms with E-state index in [1.165, 1.54) is 44.9 Å². The second-order valence-corrected chi connectivity index (χ2v) is 13.4. The molecule has 6 unspecified atom stereocenters. The van der Waals surface area contributed by atoms with E-state index in [1.54, 1.807) is 0 Å². The predicted molar refractivity (Wildman–Crippen MR) is 142 cm³/mol.